The second-order valence-electron chi connectivity index (χ2n) is 9.43. The highest BCUT2D eigenvalue weighted by molar-refractivity contribution is 5.82. The molecule has 1 saturated carbocycles. The van der Waals surface area contributed by atoms with Crippen molar-refractivity contribution in [3.8, 4) is 0 Å². The van der Waals surface area contributed by atoms with Gasteiger partial charge in [0.15, 0.2) is 0 Å². The quantitative estimate of drug-likeness (QED) is 0.184. The van der Waals surface area contributed by atoms with Gasteiger partial charge >= 0.3 is 5.97 Å². The highest BCUT2D eigenvalue weighted by Gasteiger charge is 2.41. The molecule has 4 heteroatoms. The summed E-state index contributed by atoms with van der Waals surface area (Å²) in [5.74, 6) is 1.08. The van der Waals surface area contributed by atoms with Crippen LogP contribution < -0.4 is 5.32 Å². The van der Waals surface area contributed by atoms with E-state index in [1.165, 1.54) is 32.1 Å². The predicted octanol–water partition coefficient (Wildman–Crippen LogP) is 5.70. The van der Waals surface area contributed by atoms with Crippen LogP contribution in [0.2, 0.25) is 0 Å². The van der Waals surface area contributed by atoms with Crippen molar-refractivity contribution in [2.75, 3.05) is 0 Å². The third-order valence-electron chi connectivity index (χ3n) is 6.94. The molecule has 0 bridgehead atoms. The molecule has 0 radical (unpaired) electrons. The molecule has 0 aromatic rings. The number of aliphatic hydroxyl groups is 1. The summed E-state index contributed by atoms with van der Waals surface area (Å²) in [6.45, 7) is 6.42. The molecule has 2 fully saturated rings. The minimum absolute atomic E-state index is 0.0463. The van der Waals surface area contributed by atoms with Crippen molar-refractivity contribution in [1.82, 2.24) is 5.32 Å². The topological polar surface area (TPSA) is 58.6 Å². The van der Waals surface area contributed by atoms with Crippen LogP contribution in [0.25, 0.3) is 0 Å². The molecular weight excluding hydrogens is 374 g/mol. The van der Waals surface area contributed by atoms with Crippen molar-refractivity contribution in [3.05, 3.63) is 24.3 Å². The number of carbonyl (C=O) groups excluding carboxylic acids is 1. The van der Waals surface area contributed by atoms with Gasteiger partial charge in [-0.3, -0.25) is 0 Å². The molecule has 1 aliphatic heterocycles. The van der Waals surface area contributed by atoms with Crippen LogP contribution in [0.5, 0.6) is 0 Å². The van der Waals surface area contributed by atoms with E-state index in [1.807, 2.05) is 6.08 Å². The number of allylic oxidation sites excluding steroid dienone is 3. The summed E-state index contributed by atoms with van der Waals surface area (Å²) in [6, 6.07) is 0.772. The van der Waals surface area contributed by atoms with Gasteiger partial charge in [-0.1, -0.05) is 77.0 Å². The van der Waals surface area contributed by atoms with E-state index in [1.54, 1.807) is 12.2 Å². The monoisotopic (exact) mass is 419 g/mol. The molecule has 0 aromatic heterocycles. The van der Waals surface area contributed by atoms with Gasteiger partial charge in [-0.05, 0) is 50.9 Å². The number of fused-ring (bicyclic) bond motifs is 1. The van der Waals surface area contributed by atoms with Crippen molar-refractivity contribution < 1.29 is 14.6 Å². The Kier molecular flexibility index (Phi) is 11.8. The Balaban J connectivity index is 1.82. The molecule has 1 aliphatic carbocycles. The number of rotatable bonds is 12. The van der Waals surface area contributed by atoms with Gasteiger partial charge in [-0.2, -0.15) is 0 Å². The van der Waals surface area contributed by atoms with E-state index in [-0.39, 0.29) is 24.2 Å². The third-order valence-corrected chi connectivity index (χ3v) is 6.94. The minimum atomic E-state index is -0.231. The second-order valence-corrected chi connectivity index (χ2v) is 9.43. The lowest BCUT2D eigenvalue weighted by Crippen LogP contribution is -2.57. The normalized spacial score (nSPS) is 30.5. The van der Waals surface area contributed by atoms with Crippen LogP contribution in [0, 0.1) is 11.8 Å². The molecular formula is C26H45NO3. The highest BCUT2D eigenvalue weighted by atomic mass is 16.5. The van der Waals surface area contributed by atoms with Gasteiger partial charge in [0.25, 0.3) is 0 Å². The van der Waals surface area contributed by atoms with E-state index in [9.17, 15) is 9.90 Å². The number of carbonyl (C=O) groups is 1. The zero-order valence-electron chi connectivity index (χ0n) is 19.5. The van der Waals surface area contributed by atoms with Crippen LogP contribution in [0.1, 0.15) is 97.8 Å². The van der Waals surface area contributed by atoms with Gasteiger partial charge < -0.3 is 15.2 Å². The van der Waals surface area contributed by atoms with Gasteiger partial charge in [0.05, 0.1) is 6.10 Å². The van der Waals surface area contributed by atoms with Gasteiger partial charge in [0.2, 0.25) is 0 Å². The molecule has 2 N–H and O–H groups in total. The van der Waals surface area contributed by atoms with E-state index in [4.69, 9.17) is 4.74 Å². The number of nitrogens with one attached hydrogen (secondary N) is 1. The SMILES string of the molecule is CCCC=CC=CC(=O)OC1CC2C(CCCCC(O)CCC)CCCC2NC1C. The highest BCUT2D eigenvalue weighted by Crippen LogP contribution is 2.40. The number of hydrogen-bond acceptors (Lipinski definition) is 4. The summed E-state index contributed by atoms with van der Waals surface area (Å²) in [5, 5.41) is 13.7. The maximum absolute atomic E-state index is 12.3. The number of aliphatic hydroxyl groups excluding tert-OH is 1. The van der Waals surface area contributed by atoms with Crippen molar-refractivity contribution in [2.24, 2.45) is 11.8 Å². The molecule has 6 atom stereocenters. The molecule has 1 saturated heterocycles. The van der Waals surface area contributed by atoms with E-state index < -0.39 is 0 Å². The van der Waals surface area contributed by atoms with Crippen LogP contribution in [0.4, 0.5) is 0 Å². The fourth-order valence-electron chi connectivity index (χ4n) is 5.27. The van der Waals surface area contributed by atoms with Gasteiger partial charge in [0.1, 0.15) is 6.10 Å². The summed E-state index contributed by atoms with van der Waals surface area (Å²) in [7, 11) is 0. The first-order chi connectivity index (χ1) is 14.5. The lowest BCUT2D eigenvalue weighted by Gasteiger charge is -2.47. The average molecular weight is 420 g/mol. The molecule has 1 heterocycles. The molecule has 0 spiro atoms. The summed E-state index contributed by atoms with van der Waals surface area (Å²) in [4.78, 5) is 12.3. The van der Waals surface area contributed by atoms with Crippen LogP contribution in [-0.2, 0) is 9.53 Å². The average Bonchev–Trinajstić information content (AvgIpc) is 2.72. The lowest BCUT2D eigenvalue weighted by molar-refractivity contribution is -0.148. The first kappa shape index (κ1) is 25.1. The van der Waals surface area contributed by atoms with E-state index >= 15 is 0 Å². The summed E-state index contributed by atoms with van der Waals surface area (Å²) in [6.07, 6.45) is 20.6. The Labute approximate surface area is 184 Å². The van der Waals surface area contributed by atoms with Crippen LogP contribution >= 0.6 is 0 Å². The summed E-state index contributed by atoms with van der Waals surface area (Å²) in [5.41, 5.74) is 0. The molecule has 172 valence electrons. The Bertz CT molecular complexity index is 544. The lowest BCUT2D eigenvalue weighted by atomic mass is 9.68. The molecule has 30 heavy (non-hydrogen) atoms. The fraction of sp³-hybridized carbons (Fsp3) is 0.808. The van der Waals surface area contributed by atoms with Crippen molar-refractivity contribution >= 4 is 5.97 Å². The number of piperidine rings is 1. The maximum atomic E-state index is 12.3. The van der Waals surface area contributed by atoms with Crippen molar-refractivity contribution in [1.29, 1.82) is 0 Å². The number of hydrogen-bond donors (Lipinski definition) is 2. The Morgan fingerprint density at radius 3 is 2.77 bits per heavy atom. The molecule has 6 unspecified atom stereocenters. The zero-order chi connectivity index (χ0) is 21.8. The Hall–Kier alpha value is -1.13. The van der Waals surface area contributed by atoms with Crippen molar-refractivity contribution in [3.63, 3.8) is 0 Å². The third kappa shape index (κ3) is 8.55. The van der Waals surface area contributed by atoms with Gasteiger partial charge in [0, 0.05) is 18.2 Å². The first-order valence-electron chi connectivity index (χ1n) is 12.5. The van der Waals surface area contributed by atoms with Crippen LogP contribution in [-0.4, -0.2) is 35.4 Å². The zero-order valence-corrected chi connectivity index (χ0v) is 19.5. The first-order valence-corrected chi connectivity index (χ1v) is 12.5. The van der Waals surface area contributed by atoms with Crippen molar-refractivity contribution in [2.45, 2.75) is 122 Å². The van der Waals surface area contributed by atoms with Crippen LogP contribution in [0.15, 0.2) is 24.3 Å². The van der Waals surface area contributed by atoms with E-state index in [0.29, 0.717) is 17.9 Å². The standard InChI is InChI=1S/C26H45NO3/c1-4-6-7-8-9-18-26(29)30-25-19-23-21(14-10-11-16-22(28)13-5-2)15-12-17-24(23)27-20(25)3/h7-9,18,20-25,27-28H,4-6,10-17,19H2,1-3H3. The molecule has 0 aromatic carbocycles. The van der Waals surface area contributed by atoms with Crippen LogP contribution in [0.3, 0.4) is 0 Å². The number of ether oxygens (including phenoxy) is 1. The molecule has 0 amide bonds. The maximum Gasteiger partial charge on any atom is 0.331 e. The smallest absolute Gasteiger partial charge is 0.331 e. The summed E-state index contributed by atoms with van der Waals surface area (Å²) >= 11 is 0. The van der Waals surface area contributed by atoms with Gasteiger partial charge in [-0.15, -0.1) is 0 Å². The number of esters is 1. The Morgan fingerprint density at radius 2 is 2.00 bits per heavy atom. The Morgan fingerprint density at radius 1 is 1.17 bits per heavy atom. The predicted molar refractivity (Wildman–Crippen MR) is 124 cm³/mol. The molecule has 4 nitrogen and oxygen atoms in total. The van der Waals surface area contributed by atoms with E-state index in [0.717, 1.165) is 44.9 Å². The largest absolute Gasteiger partial charge is 0.458 e. The molecule has 2 rings (SSSR count). The second kappa shape index (κ2) is 14.0. The molecule has 2 aliphatic rings. The minimum Gasteiger partial charge on any atom is -0.458 e. The van der Waals surface area contributed by atoms with E-state index in [2.05, 4.69) is 32.2 Å². The number of unbranched alkanes of at least 4 members (excludes halogenated alkanes) is 2. The van der Waals surface area contributed by atoms with Gasteiger partial charge in [-0.25, -0.2) is 4.79 Å². The summed E-state index contributed by atoms with van der Waals surface area (Å²) < 4.78 is 5.84. The fourth-order valence-corrected chi connectivity index (χ4v) is 5.27.